The number of anilines is 1. The van der Waals surface area contributed by atoms with Crippen LogP contribution in [-0.4, -0.2) is 43.1 Å². The summed E-state index contributed by atoms with van der Waals surface area (Å²) in [5.74, 6) is 1.13. The van der Waals surface area contributed by atoms with Gasteiger partial charge in [0.15, 0.2) is 11.4 Å². The molecule has 5 aromatic rings. The van der Waals surface area contributed by atoms with Crippen molar-refractivity contribution in [3.63, 3.8) is 0 Å². The van der Waals surface area contributed by atoms with E-state index in [1.807, 2.05) is 29.4 Å². The number of hydrogen-bond donors (Lipinski definition) is 1. The SMILES string of the molecule is Nc1ncc(-c2cnn(C3C[C@H]4CC[C@@H](C3)N4C=O)c2)c2cc(-c3csc4cnccc34)oc12. The third kappa shape index (κ3) is 2.89. The second-order valence-electron chi connectivity index (χ2n) is 9.20. The molecular formula is C25H22N6O2S. The molecule has 3 atom stereocenters. The van der Waals surface area contributed by atoms with Crippen molar-refractivity contribution < 1.29 is 9.21 Å². The smallest absolute Gasteiger partial charge is 0.210 e. The van der Waals surface area contributed by atoms with Crippen LogP contribution in [-0.2, 0) is 4.79 Å². The van der Waals surface area contributed by atoms with E-state index < -0.39 is 0 Å². The Morgan fingerprint density at radius 2 is 1.94 bits per heavy atom. The molecule has 0 radical (unpaired) electrons. The Kier molecular flexibility index (Phi) is 4.29. The molecule has 2 fully saturated rings. The maximum Gasteiger partial charge on any atom is 0.210 e. The highest BCUT2D eigenvalue weighted by atomic mass is 32.1. The predicted octanol–water partition coefficient (Wildman–Crippen LogP) is 4.87. The van der Waals surface area contributed by atoms with E-state index in [0.717, 1.165) is 70.0 Å². The van der Waals surface area contributed by atoms with Gasteiger partial charge in [-0.2, -0.15) is 5.10 Å². The van der Waals surface area contributed by atoms with E-state index in [-0.39, 0.29) is 0 Å². The minimum atomic E-state index is 0.297. The van der Waals surface area contributed by atoms with Gasteiger partial charge in [0.25, 0.3) is 0 Å². The summed E-state index contributed by atoms with van der Waals surface area (Å²) in [6, 6.07) is 5.00. The third-order valence-electron chi connectivity index (χ3n) is 7.40. The van der Waals surface area contributed by atoms with Gasteiger partial charge in [0.1, 0.15) is 5.76 Å². The van der Waals surface area contributed by atoms with E-state index in [1.54, 1.807) is 23.7 Å². The minimum Gasteiger partial charge on any atom is -0.452 e. The number of furan rings is 1. The monoisotopic (exact) mass is 470 g/mol. The largest absolute Gasteiger partial charge is 0.452 e. The number of amides is 1. The van der Waals surface area contributed by atoms with Gasteiger partial charge in [-0.1, -0.05) is 0 Å². The predicted molar refractivity (Wildman–Crippen MR) is 131 cm³/mol. The van der Waals surface area contributed by atoms with E-state index in [2.05, 4.69) is 26.2 Å². The number of aromatic nitrogens is 4. The molecule has 7 heterocycles. The number of nitrogen functional groups attached to an aromatic ring is 1. The Bertz CT molecular complexity index is 1540. The van der Waals surface area contributed by atoms with Crippen molar-refractivity contribution in [3.8, 4) is 22.5 Å². The van der Waals surface area contributed by atoms with E-state index in [1.165, 1.54) is 0 Å². The Labute approximate surface area is 199 Å². The summed E-state index contributed by atoms with van der Waals surface area (Å²) >= 11 is 1.64. The Hall–Kier alpha value is -3.72. The number of nitrogens with zero attached hydrogens (tertiary/aromatic N) is 5. The molecule has 2 aliphatic heterocycles. The van der Waals surface area contributed by atoms with Crippen LogP contribution >= 0.6 is 11.3 Å². The Morgan fingerprint density at radius 3 is 2.76 bits per heavy atom. The zero-order chi connectivity index (χ0) is 22.8. The van der Waals surface area contributed by atoms with Crippen LogP contribution in [0.4, 0.5) is 5.82 Å². The van der Waals surface area contributed by atoms with E-state index >= 15 is 0 Å². The first kappa shape index (κ1) is 19.7. The summed E-state index contributed by atoms with van der Waals surface area (Å²) in [5, 5.41) is 8.82. The minimum absolute atomic E-state index is 0.297. The summed E-state index contributed by atoms with van der Waals surface area (Å²) in [5.41, 5.74) is 9.74. The first-order valence-corrected chi connectivity index (χ1v) is 12.3. The molecule has 9 heteroatoms. The molecule has 7 rings (SSSR count). The fourth-order valence-electron chi connectivity index (χ4n) is 5.73. The highest BCUT2D eigenvalue weighted by Crippen LogP contribution is 2.42. The van der Waals surface area contributed by atoms with E-state index in [4.69, 9.17) is 15.2 Å². The molecule has 34 heavy (non-hydrogen) atoms. The lowest BCUT2D eigenvalue weighted by atomic mass is 9.98. The number of rotatable bonds is 4. The number of hydrogen-bond acceptors (Lipinski definition) is 7. The van der Waals surface area contributed by atoms with Gasteiger partial charge < -0.3 is 15.1 Å². The lowest BCUT2D eigenvalue weighted by Gasteiger charge is -2.36. The van der Waals surface area contributed by atoms with Crippen molar-refractivity contribution in [2.75, 3.05) is 5.73 Å². The van der Waals surface area contributed by atoms with Gasteiger partial charge in [-0.25, -0.2) is 4.98 Å². The van der Waals surface area contributed by atoms with Crippen LogP contribution in [0, 0.1) is 0 Å². The van der Waals surface area contributed by atoms with Crippen molar-refractivity contribution in [1.82, 2.24) is 24.6 Å². The van der Waals surface area contributed by atoms with Crippen LogP contribution in [0.1, 0.15) is 31.7 Å². The molecule has 2 bridgehead atoms. The summed E-state index contributed by atoms with van der Waals surface area (Å²) in [6.45, 7) is 0. The average Bonchev–Trinajstić information content (AvgIpc) is 3.63. The second kappa shape index (κ2) is 7.39. The first-order chi connectivity index (χ1) is 16.7. The molecule has 8 nitrogen and oxygen atoms in total. The first-order valence-electron chi connectivity index (χ1n) is 11.5. The van der Waals surface area contributed by atoms with Crippen molar-refractivity contribution >= 4 is 44.6 Å². The van der Waals surface area contributed by atoms with Crippen LogP contribution in [0.15, 0.2) is 52.9 Å². The summed E-state index contributed by atoms with van der Waals surface area (Å²) in [6.07, 6.45) is 14.5. The summed E-state index contributed by atoms with van der Waals surface area (Å²) < 4.78 is 9.40. The molecule has 0 aliphatic carbocycles. The molecular weight excluding hydrogens is 448 g/mol. The maximum absolute atomic E-state index is 11.4. The number of carbonyl (C=O) groups is 1. The van der Waals surface area contributed by atoms with Gasteiger partial charge in [-0.3, -0.25) is 14.5 Å². The van der Waals surface area contributed by atoms with Crippen LogP contribution < -0.4 is 5.73 Å². The fraction of sp³-hybridized carbons (Fsp3) is 0.280. The number of fused-ring (bicyclic) bond motifs is 4. The van der Waals surface area contributed by atoms with Crippen LogP contribution in [0.5, 0.6) is 0 Å². The molecule has 0 spiro atoms. The molecule has 2 aliphatic rings. The van der Waals surface area contributed by atoms with Gasteiger partial charge in [0.05, 0.1) is 16.9 Å². The molecule has 2 saturated heterocycles. The summed E-state index contributed by atoms with van der Waals surface area (Å²) in [4.78, 5) is 22.1. The highest BCUT2D eigenvalue weighted by molar-refractivity contribution is 7.17. The molecule has 0 aromatic carbocycles. The Morgan fingerprint density at radius 1 is 1.09 bits per heavy atom. The number of nitrogens with two attached hydrogens (primary N) is 1. The molecule has 170 valence electrons. The van der Waals surface area contributed by atoms with Gasteiger partial charge in [0.2, 0.25) is 6.41 Å². The van der Waals surface area contributed by atoms with Crippen molar-refractivity contribution in [2.24, 2.45) is 0 Å². The van der Waals surface area contributed by atoms with E-state index in [0.29, 0.717) is 29.5 Å². The lowest BCUT2D eigenvalue weighted by Crippen LogP contribution is -2.42. The average molecular weight is 471 g/mol. The van der Waals surface area contributed by atoms with Gasteiger partial charge in [-0.05, 0) is 37.8 Å². The second-order valence-corrected chi connectivity index (χ2v) is 10.1. The number of piperidine rings is 1. The van der Waals surface area contributed by atoms with E-state index in [9.17, 15) is 4.79 Å². The van der Waals surface area contributed by atoms with Gasteiger partial charge in [0, 0.05) is 69.7 Å². The van der Waals surface area contributed by atoms with Crippen molar-refractivity contribution in [2.45, 2.75) is 43.8 Å². The molecule has 5 aromatic heterocycles. The molecule has 1 unspecified atom stereocenters. The third-order valence-corrected chi connectivity index (χ3v) is 8.34. The fourth-order valence-corrected chi connectivity index (χ4v) is 6.64. The molecule has 0 saturated carbocycles. The highest BCUT2D eigenvalue weighted by Gasteiger charge is 2.40. The zero-order valence-corrected chi connectivity index (χ0v) is 19.1. The maximum atomic E-state index is 11.4. The van der Waals surface area contributed by atoms with Crippen LogP contribution in [0.2, 0.25) is 0 Å². The van der Waals surface area contributed by atoms with Crippen LogP contribution in [0.25, 0.3) is 43.5 Å². The zero-order valence-electron chi connectivity index (χ0n) is 18.3. The standard InChI is InChI=1S/C25H22N6O2S/c26-25-24-19(7-22(33-24)21-12-34-23-10-27-4-3-18(21)23)20(9-28-25)14-8-29-31(11-14)17-5-15-1-2-16(6-17)30(15)13-32/h3-4,7-13,15-17H,1-2,5-6H2,(H2,26,28)/t15-,16+,17?. The number of carbonyl (C=O) groups excluding carboxylic acids is 1. The summed E-state index contributed by atoms with van der Waals surface area (Å²) in [7, 11) is 0. The lowest BCUT2D eigenvalue weighted by molar-refractivity contribution is -0.122. The van der Waals surface area contributed by atoms with Crippen molar-refractivity contribution in [1.29, 1.82) is 0 Å². The van der Waals surface area contributed by atoms with Crippen LogP contribution in [0.3, 0.4) is 0 Å². The number of thiophene rings is 1. The van der Waals surface area contributed by atoms with Gasteiger partial charge in [-0.15, -0.1) is 11.3 Å². The topological polar surface area (TPSA) is 103 Å². The Balaban J connectivity index is 1.27. The quantitative estimate of drug-likeness (QED) is 0.376. The van der Waals surface area contributed by atoms with Gasteiger partial charge >= 0.3 is 0 Å². The molecule has 2 N–H and O–H groups in total. The molecule has 1 amide bonds. The normalized spacial score (nSPS) is 22.1. The number of pyridine rings is 2. The van der Waals surface area contributed by atoms with Crippen molar-refractivity contribution in [3.05, 3.63) is 48.5 Å².